The van der Waals surface area contributed by atoms with E-state index >= 15 is 0 Å². The first-order chi connectivity index (χ1) is 11.9. The number of nitrogens with zero attached hydrogens (tertiary/aromatic N) is 4. The van der Waals surface area contributed by atoms with E-state index < -0.39 is 0 Å². The molecule has 2 aliphatic rings. The van der Waals surface area contributed by atoms with E-state index in [1.807, 2.05) is 11.8 Å². The third kappa shape index (κ3) is 4.42. The van der Waals surface area contributed by atoms with Gasteiger partial charge in [0.1, 0.15) is 11.5 Å². The van der Waals surface area contributed by atoms with Crippen molar-refractivity contribution in [3.63, 3.8) is 0 Å². The highest BCUT2D eigenvalue weighted by atomic mass is 16.4. The van der Waals surface area contributed by atoms with Gasteiger partial charge in [-0.2, -0.15) is 0 Å². The summed E-state index contributed by atoms with van der Waals surface area (Å²) in [6.45, 7) is 11.8. The highest BCUT2D eigenvalue weighted by Gasteiger charge is 2.31. The van der Waals surface area contributed by atoms with E-state index in [1.165, 1.54) is 0 Å². The van der Waals surface area contributed by atoms with Crippen molar-refractivity contribution in [3.8, 4) is 0 Å². The summed E-state index contributed by atoms with van der Waals surface area (Å²) in [5.74, 6) is 2.68. The van der Waals surface area contributed by atoms with E-state index in [0.29, 0.717) is 12.5 Å². The molecule has 3 heterocycles. The Morgan fingerprint density at radius 3 is 2.56 bits per heavy atom. The van der Waals surface area contributed by atoms with Crippen molar-refractivity contribution in [2.24, 2.45) is 5.92 Å². The Morgan fingerprint density at radius 2 is 1.88 bits per heavy atom. The average Bonchev–Trinajstić information content (AvgIpc) is 3.01. The van der Waals surface area contributed by atoms with Crippen LogP contribution in [-0.2, 0) is 24.2 Å². The predicted octanol–water partition coefficient (Wildman–Crippen LogP) is 1.78. The van der Waals surface area contributed by atoms with Gasteiger partial charge in [0, 0.05) is 45.6 Å². The Bertz CT molecular complexity index is 590. The highest BCUT2D eigenvalue weighted by molar-refractivity contribution is 5.81. The number of carbonyl (C=O) groups excluding carboxylic acids is 1. The number of hydrogen-bond donors (Lipinski definition) is 0. The highest BCUT2D eigenvalue weighted by Crippen LogP contribution is 2.22. The average molecular weight is 348 g/mol. The molecule has 1 atom stereocenters. The van der Waals surface area contributed by atoms with E-state index in [-0.39, 0.29) is 11.9 Å². The number of likely N-dealkylation sites (N-methyl/N-ethyl adjacent to an activating group) is 1. The second kappa shape index (κ2) is 7.87. The van der Waals surface area contributed by atoms with E-state index in [2.05, 4.69) is 35.7 Å². The van der Waals surface area contributed by atoms with Crippen molar-refractivity contribution in [2.45, 2.75) is 52.6 Å². The van der Waals surface area contributed by atoms with Gasteiger partial charge in [0.2, 0.25) is 5.91 Å². The molecule has 0 aromatic carbocycles. The number of carbonyl (C=O) groups is 1. The molecule has 140 valence electrons. The minimum atomic E-state index is -0.0532. The third-order valence-corrected chi connectivity index (χ3v) is 5.46. The number of piperazine rings is 1. The van der Waals surface area contributed by atoms with Crippen molar-refractivity contribution in [2.75, 3.05) is 39.8 Å². The molecule has 0 N–H and O–H groups in total. The van der Waals surface area contributed by atoms with Crippen LogP contribution in [0.25, 0.3) is 0 Å². The van der Waals surface area contributed by atoms with Gasteiger partial charge < -0.3 is 14.2 Å². The number of aromatic nitrogens is 1. The lowest BCUT2D eigenvalue weighted by Crippen LogP contribution is -2.54. The van der Waals surface area contributed by atoms with Crippen molar-refractivity contribution in [1.82, 2.24) is 19.7 Å². The maximum Gasteiger partial charge on any atom is 0.240 e. The second-order valence-electron chi connectivity index (χ2n) is 7.94. The summed E-state index contributed by atoms with van der Waals surface area (Å²) in [6, 6.07) is -0.0532. The van der Waals surface area contributed by atoms with Gasteiger partial charge in [-0.1, -0.05) is 13.8 Å². The normalized spacial score (nSPS) is 20.8. The van der Waals surface area contributed by atoms with E-state index in [0.717, 1.165) is 69.3 Å². The van der Waals surface area contributed by atoms with Crippen LogP contribution in [0, 0.1) is 5.92 Å². The van der Waals surface area contributed by atoms with E-state index in [4.69, 9.17) is 4.42 Å². The zero-order valence-electron chi connectivity index (χ0n) is 16.1. The summed E-state index contributed by atoms with van der Waals surface area (Å²) < 4.78 is 5.91. The fourth-order valence-corrected chi connectivity index (χ4v) is 3.59. The number of fused-ring (bicyclic) bond motifs is 1. The van der Waals surface area contributed by atoms with Gasteiger partial charge in [-0.3, -0.25) is 9.69 Å². The SMILES string of the molecule is CC(C)CCc1nc2c(o1)CCN(C(=O)C(C)N1CCN(C)CC1)C2. The lowest BCUT2D eigenvalue weighted by atomic mass is 10.1. The van der Waals surface area contributed by atoms with Crippen molar-refractivity contribution in [1.29, 1.82) is 0 Å². The van der Waals surface area contributed by atoms with Crippen molar-refractivity contribution >= 4 is 5.91 Å². The van der Waals surface area contributed by atoms with Crippen LogP contribution in [-0.4, -0.2) is 71.4 Å². The maximum atomic E-state index is 12.9. The minimum absolute atomic E-state index is 0.0532. The summed E-state index contributed by atoms with van der Waals surface area (Å²) >= 11 is 0. The summed E-state index contributed by atoms with van der Waals surface area (Å²) in [5, 5.41) is 0. The third-order valence-electron chi connectivity index (χ3n) is 5.46. The summed E-state index contributed by atoms with van der Waals surface area (Å²) in [7, 11) is 2.14. The molecule has 6 nitrogen and oxygen atoms in total. The number of rotatable bonds is 5. The topological polar surface area (TPSA) is 52.8 Å². The lowest BCUT2D eigenvalue weighted by molar-refractivity contribution is -0.138. The van der Waals surface area contributed by atoms with Crippen LogP contribution in [0.1, 0.15) is 44.5 Å². The van der Waals surface area contributed by atoms with Crippen LogP contribution in [0.2, 0.25) is 0 Å². The molecule has 0 saturated carbocycles. The van der Waals surface area contributed by atoms with Gasteiger partial charge in [-0.05, 0) is 26.3 Å². The van der Waals surface area contributed by atoms with Gasteiger partial charge in [0.25, 0.3) is 0 Å². The fourth-order valence-electron chi connectivity index (χ4n) is 3.59. The molecule has 1 aromatic heterocycles. The molecular weight excluding hydrogens is 316 g/mol. The van der Waals surface area contributed by atoms with Crippen LogP contribution in [0.3, 0.4) is 0 Å². The number of oxazole rings is 1. The molecule has 1 aromatic rings. The van der Waals surface area contributed by atoms with Crippen LogP contribution >= 0.6 is 0 Å². The zero-order valence-corrected chi connectivity index (χ0v) is 16.1. The smallest absolute Gasteiger partial charge is 0.240 e. The Hall–Kier alpha value is -1.40. The van der Waals surface area contributed by atoms with Gasteiger partial charge >= 0.3 is 0 Å². The monoisotopic (exact) mass is 348 g/mol. The van der Waals surface area contributed by atoms with E-state index in [1.54, 1.807) is 0 Å². The van der Waals surface area contributed by atoms with Crippen LogP contribution in [0.5, 0.6) is 0 Å². The summed E-state index contributed by atoms with van der Waals surface area (Å²) in [6.07, 6.45) is 2.75. The molecule has 1 fully saturated rings. The minimum Gasteiger partial charge on any atom is -0.445 e. The lowest BCUT2D eigenvalue weighted by Gasteiger charge is -2.38. The maximum absolute atomic E-state index is 12.9. The first-order valence-electron chi connectivity index (χ1n) is 9.63. The van der Waals surface area contributed by atoms with Crippen LogP contribution in [0.4, 0.5) is 0 Å². The van der Waals surface area contributed by atoms with Gasteiger partial charge in [0.05, 0.1) is 12.6 Å². The van der Waals surface area contributed by atoms with Crippen molar-refractivity contribution < 1.29 is 9.21 Å². The summed E-state index contributed by atoms with van der Waals surface area (Å²) in [5.41, 5.74) is 0.962. The largest absolute Gasteiger partial charge is 0.445 e. The van der Waals surface area contributed by atoms with Gasteiger partial charge in [-0.25, -0.2) is 4.98 Å². The quantitative estimate of drug-likeness (QED) is 0.812. The van der Waals surface area contributed by atoms with E-state index in [9.17, 15) is 4.79 Å². The molecule has 6 heteroatoms. The Kier molecular flexibility index (Phi) is 5.79. The molecular formula is C19H32N4O2. The molecule has 0 spiro atoms. The first-order valence-corrected chi connectivity index (χ1v) is 9.63. The van der Waals surface area contributed by atoms with Crippen molar-refractivity contribution in [3.05, 3.63) is 17.3 Å². The van der Waals surface area contributed by atoms with Gasteiger partial charge in [-0.15, -0.1) is 0 Å². The Labute approximate surface area is 151 Å². The standard InChI is InChI=1S/C19H32N4O2/c1-14(2)5-6-18-20-16-13-23(8-7-17(16)25-18)19(24)15(3)22-11-9-21(4)10-12-22/h14-15H,5-13H2,1-4H3. The van der Waals surface area contributed by atoms with Crippen LogP contribution < -0.4 is 0 Å². The molecule has 1 saturated heterocycles. The fraction of sp³-hybridized carbons (Fsp3) is 0.789. The summed E-state index contributed by atoms with van der Waals surface area (Å²) in [4.78, 5) is 24.2. The molecule has 2 aliphatic heterocycles. The molecule has 0 radical (unpaired) electrons. The molecule has 1 amide bonds. The van der Waals surface area contributed by atoms with Crippen LogP contribution in [0.15, 0.2) is 4.42 Å². The first kappa shape index (κ1) is 18.4. The predicted molar refractivity (Wildman–Crippen MR) is 97.3 cm³/mol. The molecule has 0 bridgehead atoms. The Balaban J connectivity index is 1.59. The zero-order chi connectivity index (χ0) is 18.0. The number of amides is 1. The molecule has 0 aliphatic carbocycles. The molecule has 3 rings (SSSR count). The molecule has 1 unspecified atom stereocenters. The number of hydrogen-bond acceptors (Lipinski definition) is 5. The van der Waals surface area contributed by atoms with Gasteiger partial charge in [0.15, 0.2) is 5.89 Å². The number of aryl methyl sites for hydroxylation is 1. The Morgan fingerprint density at radius 1 is 1.16 bits per heavy atom. The molecule has 25 heavy (non-hydrogen) atoms. The second-order valence-corrected chi connectivity index (χ2v) is 7.94.